The number of methoxy groups -OCH3 is 1. The molecule has 0 spiro atoms. The Morgan fingerprint density at radius 2 is 1.86 bits per heavy atom. The van der Waals surface area contributed by atoms with Crippen molar-refractivity contribution in [3.8, 4) is 22.6 Å². The predicted molar refractivity (Wildman–Crippen MR) is 137 cm³/mol. The van der Waals surface area contributed by atoms with E-state index in [1.807, 2.05) is 50.2 Å². The van der Waals surface area contributed by atoms with Gasteiger partial charge in [0.25, 0.3) is 0 Å². The number of carbonyl (C=O) groups is 2. The van der Waals surface area contributed by atoms with E-state index in [0.717, 1.165) is 27.8 Å². The number of fused-ring (bicyclic) bond motifs is 1. The number of rotatable bonds is 8. The van der Waals surface area contributed by atoms with Gasteiger partial charge in [-0.05, 0) is 61.4 Å². The lowest BCUT2D eigenvalue weighted by atomic mass is 9.99. The van der Waals surface area contributed by atoms with Crippen molar-refractivity contribution in [2.24, 2.45) is 5.73 Å². The van der Waals surface area contributed by atoms with E-state index < -0.39 is 5.91 Å². The Morgan fingerprint density at radius 1 is 1.09 bits per heavy atom. The summed E-state index contributed by atoms with van der Waals surface area (Å²) in [6.45, 7) is 4.38. The monoisotopic (exact) mass is 470 g/mol. The van der Waals surface area contributed by atoms with E-state index in [0.29, 0.717) is 34.8 Å². The van der Waals surface area contributed by atoms with E-state index in [-0.39, 0.29) is 5.91 Å². The molecule has 0 aliphatic heterocycles. The number of amides is 2. The largest absolute Gasteiger partial charge is 0.496 e. The molecular formula is C28H26N2O5. The molecule has 0 fully saturated rings. The quantitative estimate of drug-likeness (QED) is 0.324. The highest BCUT2D eigenvalue weighted by molar-refractivity contribution is 6.06. The van der Waals surface area contributed by atoms with Gasteiger partial charge in [-0.15, -0.1) is 0 Å². The van der Waals surface area contributed by atoms with E-state index in [9.17, 15) is 9.59 Å². The summed E-state index contributed by atoms with van der Waals surface area (Å²) in [6, 6.07) is 18.0. The lowest BCUT2D eigenvalue weighted by molar-refractivity contribution is -0.111. The molecule has 3 N–H and O–H groups in total. The van der Waals surface area contributed by atoms with Crippen LogP contribution in [0.25, 0.3) is 27.7 Å². The van der Waals surface area contributed by atoms with Gasteiger partial charge in [-0.25, -0.2) is 0 Å². The lowest BCUT2D eigenvalue weighted by Crippen LogP contribution is -2.13. The highest BCUT2D eigenvalue weighted by Crippen LogP contribution is 2.37. The van der Waals surface area contributed by atoms with Crippen molar-refractivity contribution in [1.29, 1.82) is 0 Å². The molecule has 0 saturated heterocycles. The highest BCUT2D eigenvalue weighted by atomic mass is 16.5. The topological polar surface area (TPSA) is 104 Å². The number of ether oxygens (including phenoxy) is 2. The van der Waals surface area contributed by atoms with Crippen molar-refractivity contribution in [3.05, 3.63) is 84.1 Å². The number of anilines is 1. The van der Waals surface area contributed by atoms with Crippen molar-refractivity contribution >= 4 is 34.0 Å². The zero-order valence-corrected chi connectivity index (χ0v) is 19.8. The van der Waals surface area contributed by atoms with Gasteiger partial charge in [-0.1, -0.05) is 18.2 Å². The van der Waals surface area contributed by atoms with Gasteiger partial charge in [0, 0.05) is 39.9 Å². The van der Waals surface area contributed by atoms with E-state index in [1.165, 1.54) is 12.1 Å². The number of carbonyl (C=O) groups excluding carboxylic acids is 2. The standard InChI is InChI=1S/C28H26N2O5/c1-4-34-21-10-8-18(9-11-21)24-16-35-26-15-25(33-3)22(14-23(24)26)17(2)12-27(31)30-20-7-5-6-19(13-20)28(29)32/h5-16H,4H2,1-3H3,(H2,29,32)(H,30,31)/b17-12+. The number of benzene rings is 3. The fourth-order valence-corrected chi connectivity index (χ4v) is 3.86. The maximum atomic E-state index is 12.7. The van der Waals surface area contributed by atoms with Crippen LogP contribution in [0, 0.1) is 0 Å². The van der Waals surface area contributed by atoms with Crippen molar-refractivity contribution in [2.45, 2.75) is 13.8 Å². The second-order valence-corrected chi connectivity index (χ2v) is 7.92. The molecule has 2 amide bonds. The Morgan fingerprint density at radius 3 is 2.54 bits per heavy atom. The molecule has 4 aromatic rings. The van der Waals surface area contributed by atoms with Crippen LogP contribution >= 0.6 is 0 Å². The van der Waals surface area contributed by atoms with E-state index in [2.05, 4.69) is 5.32 Å². The third-order valence-electron chi connectivity index (χ3n) is 5.56. The van der Waals surface area contributed by atoms with Crippen molar-refractivity contribution in [1.82, 2.24) is 0 Å². The van der Waals surface area contributed by atoms with Gasteiger partial charge in [0.1, 0.15) is 17.1 Å². The molecule has 0 saturated carbocycles. The summed E-state index contributed by atoms with van der Waals surface area (Å²) in [7, 11) is 1.57. The molecule has 1 heterocycles. The van der Waals surface area contributed by atoms with E-state index >= 15 is 0 Å². The Hall–Kier alpha value is -4.52. The van der Waals surface area contributed by atoms with Gasteiger partial charge in [0.05, 0.1) is 20.0 Å². The zero-order chi connectivity index (χ0) is 24.9. The summed E-state index contributed by atoms with van der Waals surface area (Å²) in [4.78, 5) is 24.1. The van der Waals surface area contributed by atoms with Crippen LogP contribution in [-0.4, -0.2) is 25.5 Å². The highest BCUT2D eigenvalue weighted by Gasteiger charge is 2.15. The number of hydrogen-bond acceptors (Lipinski definition) is 5. The second-order valence-electron chi connectivity index (χ2n) is 7.92. The lowest BCUT2D eigenvalue weighted by Gasteiger charge is -2.11. The summed E-state index contributed by atoms with van der Waals surface area (Å²) in [5, 5.41) is 3.66. The molecular weight excluding hydrogens is 444 g/mol. The molecule has 0 unspecified atom stereocenters. The number of hydrogen-bond donors (Lipinski definition) is 2. The first-order chi connectivity index (χ1) is 16.9. The van der Waals surface area contributed by atoms with Gasteiger partial charge < -0.3 is 24.9 Å². The van der Waals surface area contributed by atoms with Crippen molar-refractivity contribution in [2.75, 3.05) is 19.0 Å². The zero-order valence-electron chi connectivity index (χ0n) is 19.8. The molecule has 0 aliphatic rings. The minimum atomic E-state index is -0.561. The number of allylic oxidation sites excluding steroid dienone is 1. The minimum absolute atomic E-state index is 0.317. The number of furan rings is 1. The summed E-state index contributed by atoms with van der Waals surface area (Å²) < 4.78 is 16.9. The molecule has 3 aromatic carbocycles. The van der Waals surface area contributed by atoms with E-state index in [4.69, 9.17) is 19.6 Å². The Balaban J connectivity index is 1.66. The first kappa shape index (κ1) is 23.6. The molecule has 7 nitrogen and oxygen atoms in total. The van der Waals surface area contributed by atoms with Gasteiger partial charge in [0.15, 0.2) is 0 Å². The number of primary amides is 1. The fraction of sp³-hybridized carbons (Fsp3) is 0.143. The molecule has 0 radical (unpaired) electrons. The van der Waals surface area contributed by atoms with Crippen LogP contribution < -0.4 is 20.5 Å². The third-order valence-corrected chi connectivity index (χ3v) is 5.56. The van der Waals surface area contributed by atoms with Gasteiger partial charge >= 0.3 is 0 Å². The third kappa shape index (κ3) is 5.19. The van der Waals surface area contributed by atoms with Crippen LogP contribution in [-0.2, 0) is 4.79 Å². The molecule has 35 heavy (non-hydrogen) atoms. The van der Waals surface area contributed by atoms with E-state index in [1.54, 1.807) is 31.6 Å². The summed E-state index contributed by atoms with van der Waals surface area (Å²) in [5.41, 5.74) is 10.2. The molecule has 7 heteroatoms. The molecule has 0 atom stereocenters. The fourth-order valence-electron chi connectivity index (χ4n) is 3.86. The van der Waals surface area contributed by atoms with Crippen LogP contribution in [0.3, 0.4) is 0 Å². The second kappa shape index (κ2) is 10.2. The van der Waals surface area contributed by atoms with Crippen molar-refractivity contribution < 1.29 is 23.5 Å². The normalized spacial score (nSPS) is 11.3. The Labute approximate surface area is 203 Å². The maximum Gasteiger partial charge on any atom is 0.248 e. The number of nitrogens with two attached hydrogens (primary N) is 1. The van der Waals surface area contributed by atoms with Crippen LogP contribution in [0.4, 0.5) is 5.69 Å². The van der Waals surface area contributed by atoms with Crippen LogP contribution in [0.2, 0.25) is 0 Å². The average Bonchev–Trinajstić information content (AvgIpc) is 3.26. The molecule has 0 aliphatic carbocycles. The predicted octanol–water partition coefficient (Wildman–Crippen LogP) is 5.65. The molecule has 0 bridgehead atoms. The number of nitrogens with one attached hydrogen (secondary N) is 1. The van der Waals surface area contributed by atoms with Gasteiger partial charge in [-0.3, -0.25) is 9.59 Å². The molecule has 4 rings (SSSR count). The summed E-state index contributed by atoms with van der Waals surface area (Å²) in [5.74, 6) is 0.486. The molecule has 178 valence electrons. The Kier molecular flexibility index (Phi) is 6.87. The SMILES string of the molecule is CCOc1ccc(-c2coc3cc(OC)c(/C(C)=C/C(=O)Nc4cccc(C(N)=O)c4)cc23)cc1. The van der Waals surface area contributed by atoms with Gasteiger partial charge in [-0.2, -0.15) is 0 Å². The Bertz CT molecular complexity index is 1420. The summed E-state index contributed by atoms with van der Waals surface area (Å²) >= 11 is 0. The first-order valence-electron chi connectivity index (χ1n) is 11.1. The smallest absolute Gasteiger partial charge is 0.248 e. The first-order valence-corrected chi connectivity index (χ1v) is 11.1. The van der Waals surface area contributed by atoms with Crippen molar-refractivity contribution in [3.63, 3.8) is 0 Å². The average molecular weight is 471 g/mol. The maximum absolute atomic E-state index is 12.7. The van der Waals surface area contributed by atoms with Crippen LogP contribution in [0.1, 0.15) is 29.8 Å². The van der Waals surface area contributed by atoms with Gasteiger partial charge in [0.2, 0.25) is 11.8 Å². The summed E-state index contributed by atoms with van der Waals surface area (Å²) in [6.07, 6.45) is 3.19. The van der Waals surface area contributed by atoms with Crippen LogP contribution in [0.5, 0.6) is 11.5 Å². The molecule has 1 aromatic heterocycles. The van der Waals surface area contributed by atoms with Crippen LogP contribution in [0.15, 0.2) is 77.4 Å². The minimum Gasteiger partial charge on any atom is -0.496 e.